The Morgan fingerprint density at radius 3 is 2.38 bits per heavy atom. The van der Waals surface area contributed by atoms with E-state index >= 15 is 0 Å². The summed E-state index contributed by atoms with van der Waals surface area (Å²) in [5.41, 5.74) is 0.801. The summed E-state index contributed by atoms with van der Waals surface area (Å²) in [4.78, 5) is 11.1. The second-order valence-electron chi connectivity index (χ2n) is 4.31. The summed E-state index contributed by atoms with van der Waals surface area (Å²) >= 11 is 0. The van der Waals surface area contributed by atoms with Crippen LogP contribution in [-0.4, -0.2) is 31.0 Å². The fourth-order valence-electron chi connectivity index (χ4n) is 1.61. The van der Waals surface area contributed by atoms with Crippen molar-refractivity contribution in [2.45, 2.75) is 20.0 Å². The van der Waals surface area contributed by atoms with E-state index in [9.17, 15) is 18.0 Å². The number of methoxy groups -OCH3 is 1. The lowest BCUT2D eigenvalue weighted by Gasteiger charge is -2.13. The number of rotatable bonds is 5. The molecule has 0 atom stereocenters. The average molecular weight is 304 g/mol. The minimum absolute atomic E-state index is 0.0713. The summed E-state index contributed by atoms with van der Waals surface area (Å²) < 4.78 is 45.9. The van der Waals surface area contributed by atoms with Crippen LogP contribution in [0, 0.1) is 0 Å². The van der Waals surface area contributed by atoms with Gasteiger partial charge in [0.2, 0.25) is 0 Å². The monoisotopic (exact) mass is 304 g/mol. The third-order valence-electron chi connectivity index (χ3n) is 2.84. The molecule has 0 heterocycles. The van der Waals surface area contributed by atoms with Gasteiger partial charge in [0.25, 0.3) is 0 Å². The number of allylic oxidation sites excluding steroid dienone is 2. The molecule has 1 aromatic carbocycles. The molecule has 0 saturated heterocycles. The van der Waals surface area contributed by atoms with Crippen molar-refractivity contribution < 1.29 is 32.5 Å². The van der Waals surface area contributed by atoms with E-state index in [0.717, 1.165) is 0 Å². The summed E-state index contributed by atoms with van der Waals surface area (Å²) in [6.45, 7) is 1.56. The molecule has 7 heteroatoms. The molecule has 0 saturated carbocycles. The van der Waals surface area contributed by atoms with Crippen molar-refractivity contribution in [2.24, 2.45) is 0 Å². The number of carboxylic acid groups (broad SMARTS) is 1. The Labute approximate surface area is 119 Å². The Balaban J connectivity index is 3.09. The van der Waals surface area contributed by atoms with Crippen LogP contribution in [0.5, 0.6) is 5.75 Å². The van der Waals surface area contributed by atoms with Crippen molar-refractivity contribution in [3.63, 3.8) is 0 Å². The second kappa shape index (κ2) is 6.51. The van der Waals surface area contributed by atoms with Crippen molar-refractivity contribution in [1.82, 2.24) is 0 Å². The molecule has 116 valence electrons. The molecule has 0 radical (unpaired) electrons. The first kappa shape index (κ1) is 16.9. The van der Waals surface area contributed by atoms with Crippen molar-refractivity contribution >= 4 is 11.5 Å². The van der Waals surface area contributed by atoms with Gasteiger partial charge in [0.15, 0.2) is 6.61 Å². The second-order valence-corrected chi connectivity index (χ2v) is 4.31. The van der Waals surface area contributed by atoms with Gasteiger partial charge >= 0.3 is 12.1 Å². The highest BCUT2D eigenvalue weighted by Gasteiger charge is 2.28. The first-order chi connectivity index (χ1) is 9.65. The van der Waals surface area contributed by atoms with Crippen molar-refractivity contribution in [3.05, 3.63) is 35.1 Å². The summed E-state index contributed by atoms with van der Waals surface area (Å²) in [5.74, 6) is -0.933. The summed E-state index contributed by atoms with van der Waals surface area (Å²) in [6, 6.07) is 4.33. The number of carbonyl (C=O) groups is 1. The van der Waals surface area contributed by atoms with Crippen LogP contribution < -0.4 is 4.74 Å². The molecular weight excluding hydrogens is 289 g/mol. The maximum absolute atomic E-state index is 12.1. The molecule has 1 rings (SSSR count). The number of aromatic carboxylic acids is 1. The molecule has 0 aliphatic heterocycles. The largest absolute Gasteiger partial charge is 0.496 e. The number of halogens is 3. The zero-order chi connectivity index (χ0) is 16.2. The minimum Gasteiger partial charge on any atom is -0.496 e. The zero-order valence-corrected chi connectivity index (χ0v) is 11.7. The van der Waals surface area contributed by atoms with Crippen LogP contribution in [0.2, 0.25) is 0 Å². The molecule has 21 heavy (non-hydrogen) atoms. The molecular formula is C14H15F3O4. The van der Waals surface area contributed by atoms with Crippen LogP contribution in [0.1, 0.15) is 29.8 Å². The quantitative estimate of drug-likeness (QED) is 0.842. The zero-order valence-electron chi connectivity index (χ0n) is 11.7. The van der Waals surface area contributed by atoms with Gasteiger partial charge in [0.05, 0.1) is 12.9 Å². The molecule has 1 N–H and O–H groups in total. The van der Waals surface area contributed by atoms with E-state index in [1.807, 2.05) is 0 Å². The Morgan fingerprint density at radius 2 is 1.90 bits per heavy atom. The topological polar surface area (TPSA) is 55.8 Å². The number of alkyl halides is 3. The normalized spacial score (nSPS) is 12.7. The summed E-state index contributed by atoms with van der Waals surface area (Å²) in [5, 5.41) is 9.08. The van der Waals surface area contributed by atoms with E-state index in [-0.39, 0.29) is 17.1 Å². The number of ether oxygens (including phenoxy) is 2. The van der Waals surface area contributed by atoms with Crippen LogP contribution >= 0.6 is 0 Å². The van der Waals surface area contributed by atoms with E-state index in [2.05, 4.69) is 4.74 Å². The number of hydrogen-bond donors (Lipinski definition) is 1. The lowest BCUT2D eigenvalue weighted by Crippen LogP contribution is -2.16. The Hall–Kier alpha value is -2.18. The third-order valence-corrected chi connectivity index (χ3v) is 2.84. The number of carboxylic acids is 1. The molecule has 0 fully saturated rings. The van der Waals surface area contributed by atoms with Crippen LogP contribution in [0.4, 0.5) is 13.2 Å². The Kier molecular flexibility index (Phi) is 5.23. The Morgan fingerprint density at radius 1 is 1.29 bits per heavy atom. The maximum atomic E-state index is 12.1. The van der Waals surface area contributed by atoms with E-state index in [1.54, 1.807) is 13.0 Å². The van der Waals surface area contributed by atoms with Gasteiger partial charge in [-0.15, -0.1) is 0 Å². The highest BCUT2D eigenvalue weighted by atomic mass is 19.4. The van der Waals surface area contributed by atoms with Gasteiger partial charge in [-0.05, 0) is 37.1 Å². The van der Waals surface area contributed by atoms with Gasteiger partial charge in [0.1, 0.15) is 11.3 Å². The highest BCUT2D eigenvalue weighted by Crippen LogP contribution is 2.27. The first-order valence-corrected chi connectivity index (χ1v) is 5.94. The van der Waals surface area contributed by atoms with Gasteiger partial charge < -0.3 is 14.6 Å². The molecule has 0 bridgehead atoms. The predicted molar refractivity (Wildman–Crippen MR) is 70.2 cm³/mol. The van der Waals surface area contributed by atoms with Crippen molar-refractivity contribution in [2.75, 3.05) is 13.7 Å². The fraction of sp³-hybridized carbons (Fsp3) is 0.357. The lowest BCUT2D eigenvalue weighted by atomic mass is 10.0. The molecule has 0 amide bonds. The molecule has 0 unspecified atom stereocenters. The van der Waals surface area contributed by atoms with Crippen LogP contribution in [-0.2, 0) is 4.74 Å². The minimum atomic E-state index is -4.42. The van der Waals surface area contributed by atoms with E-state index in [0.29, 0.717) is 11.1 Å². The smallest absolute Gasteiger partial charge is 0.422 e. The molecule has 1 aromatic rings. The van der Waals surface area contributed by atoms with E-state index in [4.69, 9.17) is 9.84 Å². The first-order valence-electron chi connectivity index (χ1n) is 5.94. The van der Waals surface area contributed by atoms with Crippen LogP contribution in [0.3, 0.4) is 0 Å². The van der Waals surface area contributed by atoms with Crippen LogP contribution in [0.15, 0.2) is 24.0 Å². The summed E-state index contributed by atoms with van der Waals surface area (Å²) in [7, 11) is 1.34. The number of hydrogen-bond acceptors (Lipinski definition) is 3. The van der Waals surface area contributed by atoms with Crippen molar-refractivity contribution in [1.29, 1.82) is 0 Å². The van der Waals surface area contributed by atoms with Gasteiger partial charge in [-0.25, -0.2) is 4.79 Å². The fourth-order valence-corrected chi connectivity index (χ4v) is 1.61. The average Bonchev–Trinajstić information content (AvgIpc) is 2.42. The van der Waals surface area contributed by atoms with E-state index < -0.39 is 18.8 Å². The maximum Gasteiger partial charge on any atom is 0.422 e. The molecule has 4 nitrogen and oxygen atoms in total. The summed E-state index contributed by atoms with van der Waals surface area (Å²) in [6.07, 6.45) is -4.42. The van der Waals surface area contributed by atoms with Gasteiger partial charge in [-0.2, -0.15) is 13.2 Å². The highest BCUT2D eigenvalue weighted by molar-refractivity contribution is 5.92. The molecule has 0 aliphatic carbocycles. The van der Waals surface area contributed by atoms with Crippen LogP contribution in [0.25, 0.3) is 5.57 Å². The van der Waals surface area contributed by atoms with Gasteiger partial charge in [-0.1, -0.05) is 6.07 Å². The Bertz CT molecular complexity index is 562. The molecule has 0 aliphatic rings. The standard InChI is InChI=1S/C14H15F3O4/c1-8(9(2)21-7-14(15,16)17)10-4-5-12(20-3)11(6-10)13(18)19/h4-6H,7H2,1-3H3,(H,18,19). The van der Waals surface area contributed by atoms with Crippen molar-refractivity contribution in [3.8, 4) is 5.75 Å². The van der Waals surface area contributed by atoms with Gasteiger partial charge in [-0.3, -0.25) is 0 Å². The third kappa shape index (κ3) is 4.70. The molecule has 0 spiro atoms. The molecule has 0 aromatic heterocycles. The van der Waals surface area contributed by atoms with Gasteiger partial charge in [0, 0.05) is 0 Å². The predicted octanol–water partition coefficient (Wildman–Crippen LogP) is 3.72. The SMILES string of the molecule is COc1ccc(C(C)=C(C)OCC(F)(F)F)cc1C(=O)O. The lowest BCUT2D eigenvalue weighted by molar-refractivity contribution is -0.164. The number of benzene rings is 1. The van der Waals surface area contributed by atoms with E-state index in [1.165, 1.54) is 26.2 Å².